The van der Waals surface area contributed by atoms with Gasteiger partial charge in [-0.05, 0) is 39.8 Å². The van der Waals surface area contributed by atoms with Crippen LogP contribution in [0.5, 0.6) is 17.2 Å². The van der Waals surface area contributed by atoms with Gasteiger partial charge >= 0.3 is 0 Å². The molecule has 0 heterocycles. The van der Waals surface area contributed by atoms with Crippen LogP contribution in [-0.4, -0.2) is 36.4 Å². The first-order valence-electron chi connectivity index (χ1n) is 9.57. The molecule has 0 saturated carbocycles. The molecule has 0 radical (unpaired) electrons. The van der Waals surface area contributed by atoms with E-state index in [1.165, 1.54) is 12.1 Å². The molecule has 30 heavy (non-hydrogen) atoms. The molecular weight excluding hydrogens is 390 g/mol. The van der Waals surface area contributed by atoms with Crippen LogP contribution in [0.25, 0.3) is 0 Å². The van der Waals surface area contributed by atoms with E-state index in [1.807, 2.05) is 20.8 Å². The first kappa shape index (κ1) is 22.7. The number of nitro benzene ring substituents is 1. The summed E-state index contributed by atoms with van der Waals surface area (Å²) in [5.41, 5.74) is 3.64. The van der Waals surface area contributed by atoms with Crippen LogP contribution < -0.4 is 19.6 Å². The maximum Gasteiger partial charge on any atom is 0.271 e. The molecule has 2 aromatic rings. The Hall–Kier alpha value is -3.62. The van der Waals surface area contributed by atoms with Crippen LogP contribution in [0.15, 0.2) is 41.5 Å². The second-order valence-electron chi connectivity index (χ2n) is 6.05. The van der Waals surface area contributed by atoms with Gasteiger partial charge in [0.2, 0.25) is 5.75 Å². The van der Waals surface area contributed by atoms with E-state index in [2.05, 4.69) is 10.5 Å². The largest absolute Gasteiger partial charge is 0.490 e. The summed E-state index contributed by atoms with van der Waals surface area (Å²) in [4.78, 5) is 23.1. The minimum absolute atomic E-state index is 0.0531. The lowest BCUT2D eigenvalue weighted by Gasteiger charge is -2.16. The molecule has 0 aliphatic rings. The van der Waals surface area contributed by atoms with Crippen molar-refractivity contribution in [2.75, 3.05) is 19.8 Å². The van der Waals surface area contributed by atoms with Gasteiger partial charge in [0.1, 0.15) is 0 Å². The molecule has 9 heteroatoms. The Balaban J connectivity index is 2.30. The highest BCUT2D eigenvalue weighted by molar-refractivity contribution is 6.01. The lowest BCUT2D eigenvalue weighted by molar-refractivity contribution is -0.384. The van der Waals surface area contributed by atoms with Crippen molar-refractivity contribution in [1.29, 1.82) is 0 Å². The molecule has 0 saturated heterocycles. The van der Waals surface area contributed by atoms with Gasteiger partial charge in [0, 0.05) is 23.3 Å². The first-order chi connectivity index (χ1) is 14.4. The smallest absolute Gasteiger partial charge is 0.271 e. The molecule has 1 N–H and O–H groups in total. The van der Waals surface area contributed by atoms with Gasteiger partial charge in [0.25, 0.3) is 11.6 Å². The summed E-state index contributed by atoms with van der Waals surface area (Å²) < 4.78 is 16.9. The van der Waals surface area contributed by atoms with Crippen LogP contribution in [0.3, 0.4) is 0 Å². The van der Waals surface area contributed by atoms with Gasteiger partial charge in [-0.25, -0.2) is 5.43 Å². The summed E-state index contributed by atoms with van der Waals surface area (Å²) in [6, 6.07) is 9.13. The average Bonchev–Trinajstić information content (AvgIpc) is 2.74. The third kappa shape index (κ3) is 5.69. The fraction of sp³-hybridized carbons (Fsp3) is 0.333. The number of rotatable bonds is 10. The highest BCUT2D eigenvalue weighted by Crippen LogP contribution is 2.39. The van der Waals surface area contributed by atoms with Gasteiger partial charge in [0.15, 0.2) is 11.5 Å². The van der Waals surface area contributed by atoms with Crippen molar-refractivity contribution in [1.82, 2.24) is 5.43 Å². The Morgan fingerprint density at radius 1 is 1.00 bits per heavy atom. The maximum absolute atomic E-state index is 12.7. The third-order valence-electron chi connectivity index (χ3n) is 3.97. The number of hydrogen-bond acceptors (Lipinski definition) is 7. The van der Waals surface area contributed by atoms with Crippen molar-refractivity contribution < 1.29 is 23.9 Å². The highest BCUT2D eigenvalue weighted by atomic mass is 16.6. The monoisotopic (exact) mass is 415 g/mol. The van der Waals surface area contributed by atoms with Gasteiger partial charge < -0.3 is 14.2 Å². The summed E-state index contributed by atoms with van der Waals surface area (Å²) >= 11 is 0. The number of nitro groups is 1. The number of ether oxygens (including phenoxy) is 3. The van der Waals surface area contributed by atoms with Crippen LogP contribution in [0.2, 0.25) is 0 Å². The molecule has 0 atom stereocenters. The number of hydrazone groups is 1. The van der Waals surface area contributed by atoms with Gasteiger partial charge in [0.05, 0.1) is 30.5 Å². The SMILES string of the molecule is CCOc1cc(C(=O)N/N=C(\C)c2cccc([N+](=O)[O-])c2)cc(OCC)c1OCC. The molecule has 0 aliphatic carbocycles. The molecule has 2 rings (SSSR count). The molecule has 0 aliphatic heterocycles. The highest BCUT2D eigenvalue weighted by Gasteiger charge is 2.18. The summed E-state index contributed by atoms with van der Waals surface area (Å²) in [5.74, 6) is 0.753. The van der Waals surface area contributed by atoms with Crippen molar-refractivity contribution in [2.24, 2.45) is 5.10 Å². The quantitative estimate of drug-likeness (QED) is 0.357. The Morgan fingerprint density at radius 3 is 2.13 bits per heavy atom. The summed E-state index contributed by atoms with van der Waals surface area (Å²) in [7, 11) is 0. The molecule has 2 aromatic carbocycles. The topological polar surface area (TPSA) is 112 Å². The van der Waals surface area contributed by atoms with Crippen LogP contribution in [-0.2, 0) is 0 Å². The van der Waals surface area contributed by atoms with E-state index in [4.69, 9.17) is 14.2 Å². The average molecular weight is 415 g/mol. The van der Waals surface area contributed by atoms with E-state index >= 15 is 0 Å². The summed E-state index contributed by atoms with van der Waals surface area (Å²) in [6.07, 6.45) is 0. The number of benzene rings is 2. The number of non-ortho nitro benzene ring substituents is 1. The van der Waals surface area contributed by atoms with Crippen LogP contribution >= 0.6 is 0 Å². The zero-order valence-corrected chi connectivity index (χ0v) is 17.4. The van der Waals surface area contributed by atoms with E-state index in [0.29, 0.717) is 48.3 Å². The zero-order valence-electron chi connectivity index (χ0n) is 17.4. The molecule has 9 nitrogen and oxygen atoms in total. The Morgan fingerprint density at radius 2 is 1.60 bits per heavy atom. The van der Waals surface area contributed by atoms with Gasteiger partial charge in [-0.15, -0.1) is 0 Å². The van der Waals surface area contributed by atoms with Crippen molar-refractivity contribution in [3.8, 4) is 17.2 Å². The van der Waals surface area contributed by atoms with E-state index < -0.39 is 10.8 Å². The summed E-state index contributed by atoms with van der Waals surface area (Å²) in [6.45, 7) is 8.34. The molecule has 1 amide bonds. The molecule has 0 aromatic heterocycles. The van der Waals surface area contributed by atoms with Gasteiger partial charge in [-0.3, -0.25) is 14.9 Å². The first-order valence-corrected chi connectivity index (χ1v) is 9.57. The lowest BCUT2D eigenvalue weighted by atomic mass is 10.1. The normalized spacial score (nSPS) is 11.0. The predicted octanol–water partition coefficient (Wildman–Crippen LogP) is 3.94. The van der Waals surface area contributed by atoms with Crippen LogP contribution in [0, 0.1) is 10.1 Å². The minimum Gasteiger partial charge on any atom is -0.490 e. The number of carbonyl (C=O) groups excluding carboxylic acids is 1. The molecule has 0 spiro atoms. The minimum atomic E-state index is -0.486. The van der Waals surface area contributed by atoms with Crippen molar-refractivity contribution in [2.45, 2.75) is 27.7 Å². The standard InChI is InChI=1S/C21H25N3O6/c1-5-28-18-12-16(13-19(29-6-2)20(18)30-7-3)21(25)23-22-14(4)15-9-8-10-17(11-15)24(26)27/h8-13H,5-7H2,1-4H3,(H,23,25)/b22-14+. The third-order valence-corrected chi connectivity index (χ3v) is 3.97. The number of amides is 1. The second kappa shape index (κ2) is 10.8. The fourth-order valence-corrected chi connectivity index (χ4v) is 2.63. The van der Waals surface area contributed by atoms with Crippen molar-refractivity contribution in [3.63, 3.8) is 0 Å². The number of nitrogens with one attached hydrogen (secondary N) is 1. The van der Waals surface area contributed by atoms with E-state index in [-0.39, 0.29) is 11.3 Å². The molecule has 0 bridgehead atoms. The second-order valence-corrected chi connectivity index (χ2v) is 6.05. The van der Waals surface area contributed by atoms with Crippen molar-refractivity contribution in [3.05, 3.63) is 57.6 Å². The number of hydrogen-bond donors (Lipinski definition) is 1. The molecule has 160 valence electrons. The molecule has 0 fully saturated rings. The Labute approximate surface area is 174 Å². The van der Waals surface area contributed by atoms with E-state index in [9.17, 15) is 14.9 Å². The maximum atomic E-state index is 12.7. The lowest BCUT2D eigenvalue weighted by Crippen LogP contribution is -2.20. The summed E-state index contributed by atoms with van der Waals surface area (Å²) in [5, 5.41) is 15.0. The Kier molecular flexibility index (Phi) is 8.16. The van der Waals surface area contributed by atoms with E-state index in [0.717, 1.165) is 0 Å². The predicted molar refractivity (Wildman–Crippen MR) is 113 cm³/mol. The fourth-order valence-electron chi connectivity index (χ4n) is 2.63. The number of nitrogens with zero attached hydrogens (tertiary/aromatic N) is 2. The van der Waals surface area contributed by atoms with Crippen LogP contribution in [0.4, 0.5) is 5.69 Å². The zero-order chi connectivity index (χ0) is 22.1. The van der Waals surface area contributed by atoms with E-state index in [1.54, 1.807) is 31.2 Å². The van der Waals surface area contributed by atoms with Gasteiger partial charge in [-0.1, -0.05) is 12.1 Å². The number of carbonyl (C=O) groups is 1. The Bertz CT molecular complexity index is 915. The van der Waals surface area contributed by atoms with Crippen molar-refractivity contribution >= 4 is 17.3 Å². The van der Waals surface area contributed by atoms with Gasteiger partial charge in [-0.2, -0.15) is 5.10 Å². The molecule has 0 unspecified atom stereocenters. The van der Waals surface area contributed by atoms with Crippen LogP contribution in [0.1, 0.15) is 43.6 Å². The molecular formula is C21H25N3O6.